The van der Waals surface area contributed by atoms with Gasteiger partial charge < -0.3 is 18.9 Å². The maximum Gasteiger partial charge on any atom is 0.282 e. The topological polar surface area (TPSA) is 84.2 Å². The first-order valence-electron chi connectivity index (χ1n) is 10.4. The summed E-state index contributed by atoms with van der Waals surface area (Å²) in [5.74, 6) is 3.07. The quantitative estimate of drug-likeness (QED) is 0.343. The van der Waals surface area contributed by atoms with Crippen LogP contribution in [-0.2, 0) is 6.61 Å². The molecule has 34 heavy (non-hydrogen) atoms. The monoisotopic (exact) mass is 521 g/mol. The number of halogens is 1. The van der Waals surface area contributed by atoms with Crippen LogP contribution in [0, 0.1) is 6.92 Å². The molecule has 0 saturated carbocycles. The van der Waals surface area contributed by atoms with E-state index < -0.39 is 0 Å². The fourth-order valence-corrected chi connectivity index (χ4v) is 3.96. The molecule has 0 N–H and O–H groups in total. The van der Waals surface area contributed by atoms with Crippen molar-refractivity contribution in [1.29, 1.82) is 0 Å². The second-order valence-corrected chi connectivity index (χ2v) is 8.48. The van der Waals surface area contributed by atoms with E-state index >= 15 is 0 Å². The highest BCUT2D eigenvalue weighted by molar-refractivity contribution is 9.10. The summed E-state index contributed by atoms with van der Waals surface area (Å²) < 4.78 is 24.3. The van der Waals surface area contributed by atoms with Gasteiger partial charge in [-0.3, -0.25) is 4.79 Å². The lowest BCUT2D eigenvalue weighted by molar-refractivity contribution is 0.174. The van der Waals surface area contributed by atoms with Gasteiger partial charge in [-0.15, -0.1) is 0 Å². The van der Waals surface area contributed by atoms with E-state index in [1.54, 1.807) is 44.5 Å². The van der Waals surface area contributed by atoms with E-state index in [-0.39, 0.29) is 12.4 Å². The number of benzene rings is 3. The zero-order valence-corrected chi connectivity index (χ0v) is 20.0. The lowest BCUT2D eigenvalue weighted by Crippen LogP contribution is -2.20. The lowest BCUT2D eigenvalue weighted by Gasteiger charge is -2.12. The van der Waals surface area contributed by atoms with E-state index in [4.69, 9.17) is 18.9 Å². The van der Waals surface area contributed by atoms with Gasteiger partial charge in [-0.2, -0.15) is 9.78 Å². The molecule has 0 radical (unpaired) electrons. The Morgan fingerprint density at radius 1 is 1.09 bits per heavy atom. The molecular formula is C25H20BrN3O5. The minimum Gasteiger partial charge on any atom is -0.493 e. The van der Waals surface area contributed by atoms with Crippen LogP contribution in [0.2, 0.25) is 0 Å². The van der Waals surface area contributed by atoms with Crippen molar-refractivity contribution >= 4 is 33.0 Å². The smallest absolute Gasteiger partial charge is 0.282 e. The first-order valence-corrected chi connectivity index (χ1v) is 11.2. The second-order valence-electron chi connectivity index (χ2n) is 7.57. The number of fused-ring (bicyclic) bond motifs is 2. The van der Waals surface area contributed by atoms with Crippen LogP contribution in [0.3, 0.4) is 0 Å². The zero-order valence-electron chi connectivity index (χ0n) is 18.4. The molecule has 0 aliphatic carbocycles. The summed E-state index contributed by atoms with van der Waals surface area (Å²) in [5.41, 5.74) is 2.08. The Morgan fingerprint density at radius 2 is 1.94 bits per heavy atom. The van der Waals surface area contributed by atoms with Crippen molar-refractivity contribution in [2.24, 2.45) is 5.10 Å². The van der Waals surface area contributed by atoms with Crippen LogP contribution in [-0.4, -0.2) is 29.8 Å². The number of rotatable bonds is 6. The van der Waals surface area contributed by atoms with E-state index in [2.05, 4.69) is 26.0 Å². The molecule has 0 spiro atoms. The Hall–Kier alpha value is -3.85. The number of ether oxygens (including phenoxy) is 4. The third kappa shape index (κ3) is 4.34. The van der Waals surface area contributed by atoms with Crippen LogP contribution < -0.4 is 24.5 Å². The number of hydrogen-bond acceptors (Lipinski definition) is 7. The van der Waals surface area contributed by atoms with Crippen molar-refractivity contribution in [1.82, 2.24) is 9.66 Å². The van der Waals surface area contributed by atoms with Crippen LogP contribution in [0.15, 0.2) is 69.0 Å². The maximum absolute atomic E-state index is 12.9. The van der Waals surface area contributed by atoms with Crippen LogP contribution >= 0.6 is 15.9 Å². The molecular weight excluding hydrogens is 502 g/mol. The zero-order chi connectivity index (χ0) is 23.7. The maximum atomic E-state index is 12.9. The molecule has 0 saturated heterocycles. The molecule has 172 valence electrons. The fraction of sp³-hybridized carbons (Fsp3) is 0.160. The lowest BCUT2D eigenvalue weighted by atomic mass is 10.2. The predicted octanol–water partition coefficient (Wildman–Crippen LogP) is 4.67. The number of aryl methyl sites for hydroxylation is 1. The Bertz CT molecular complexity index is 1480. The molecule has 8 nitrogen and oxygen atoms in total. The van der Waals surface area contributed by atoms with Gasteiger partial charge in [0.1, 0.15) is 12.4 Å². The first kappa shape index (κ1) is 22.0. The molecule has 9 heteroatoms. The van der Waals surface area contributed by atoms with Gasteiger partial charge >= 0.3 is 0 Å². The number of methoxy groups -OCH3 is 1. The molecule has 0 fully saturated rings. The minimum atomic E-state index is -0.240. The standard InChI is InChI=1S/C25H20BrN3O5/c1-15-28-20-6-5-18(26)11-19(20)25(30)29(15)27-12-16-3-7-21(23(9-16)31-2)32-13-17-4-8-22-24(10-17)34-14-33-22/h3-12H,13-14H2,1-2H3. The van der Waals surface area contributed by atoms with Gasteiger partial charge in [0, 0.05) is 4.47 Å². The summed E-state index contributed by atoms with van der Waals surface area (Å²) in [5, 5.41) is 4.85. The van der Waals surface area contributed by atoms with E-state index in [0.29, 0.717) is 40.6 Å². The van der Waals surface area contributed by atoms with E-state index in [1.165, 1.54) is 4.68 Å². The van der Waals surface area contributed by atoms with Gasteiger partial charge in [-0.05, 0) is 66.6 Å². The van der Waals surface area contributed by atoms with Crippen molar-refractivity contribution in [3.63, 3.8) is 0 Å². The summed E-state index contributed by atoms with van der Waals surface area (Å²) in [6.45, 7) is 2.32. The third-order valence-electron chi connectivity index (χ3n) is 5.31. The van der Waals surface area contributed by atoms with Gasteiger partial charge in [0.25, 0.3) is 5.56 Å². The van der Waals surface area contributed by atoms with Gasteiger partial charge in [0.15, 0.2) is 23.0 Å². The van der Waals surface area contributed by atoms with Crippen LogP contribution in [0.1, 0.15) is 17.0 Å². The molecule has 4 aromatic rings. The average Bonchev–Trinajstić information content (AvgIpc) is 3.31. The van der Waals surface area contributed by atoms with E-state index in [9.17, 15) is 4.79 Å². The van der Waals surface area contributed by atoms with Gasteiger partial charge in [-0.1, -0.05) is 22.0 Å². The van der Waals surface area contributed by atoms with E-state index in [0.717, 1.165) is 21.3 Å². The SMILES string of the molecule is COc1cc(C=Nn2c(C)nc3ccc(Br)cc3c2=O)ccc1OCc1ccc2c(c1)OCO2. The molecule has 1 aromatic heterocycles. The largest absolute Gasteiger partial charge is 0.493 e. The minimum absolute atomic E-state index is 0.231. The number of aromatic nitrogens is 2. The predicted molar refractivity (Wildman–Crippen MR) is 131 cm³/mol. The van der Waals surface area contributed by atoms with Crippen molar-refractivity contribution < 1.29 is 18.9 Å². The van der Waals surface area contributed by atoms with Gasteiger partial charge in [0.2, 0.25) is 6.79 Å². The van der Waals surface area contributed by atoms with Gasteiger partial charge in [0.05, 0.1) is 24.2 Å². The second kappa shape index (κ2) is 9.18. The molecule has 0 unspecified atom stereocenters. The van der Waals surface area contributed by atoms with Crippen molar-refractivity contribution in [3.05, 3.63) is 86.4 Å². The molecule has 1 aliphatic heterocycles. The highest BCUT2D eigenvalue weighted by Crippen LogP contribution is 2.33. The van der Waals surface area contributed by atoms with Crippen molar-refractivity contribution in [2.75, 3.05) is 13.9 Å². The first-order chi connectivity index (χ1) is 16.5. The molecule has 3 aromatic carbocycles. The normalized spacial score (nSPS) is 12.4. The summed E-state index contributed by atoms with van der Waals surface area (Å²) in [6, 6.07) is 16.5. The summed E-state index contributed by atoms with van der Waals surface area (Å²) in [6.07, 6.45) is 1.59. The number of hydrogen-bond donors (Lipinski definition) is 0. The molecule has 5 rings (SSSR count). The molecule has 0 amide bonds. The van der Waals surface area contributed by atoms with Crippen LogP contribution in [0.5, 0.6) is 23.0 Å². The summed E-state index contributed by atoms with van der Waals surface area (Å²) >= 11 is 3.40. The Balaban J connectivity index is 1.37. The van der Waals surface area contributed by atoms with Crippen LogP contribution in [0.4, 0.5) is 0 Å². The van der Waals surface area contributed by atoms with Crippen LogP contribution in [0.25, 0.3) is 10.9 Å². The van der Waals surface area contributed by atoms with E-state index in [1.807, 2.05) is 30.3 Å². The average molecular weight is 522 g/mol. The number of nitrogens with zero attached hydrogens (tertiary/aromatic N) is 3. The Morgan fingerprint density at radius 3 is 2.79 bits per heavy atom. The summed E-state index contributed by atoms with van der Waals surface area (Å²) in [4.78, 5) is 17.4. The van der Waals surface area contributed by atoms with Crippen molar-refractivity contribution in [3.8, 4) is 23.0 Å². The third-order valence-corrected chi connectivity index (χ3v) is 5.80. The molecule has 1 aliphatic rings. The molecule has 0 bridgehead atoms. The highest BCUT2D eigenvalue weighted by atomic mass is 79.9. The van der Waals surface area contributed by atoms with Gasteiger partial charge in [-0.25, -0.2) is 4.98 Å². The molecule has 2 heterocycles. The Labute approximate surface area is 203 Å². The van der Waals surface area contributed by atoms with Crippen molar-refractivity contribution in [2.45, 2.75) is 13.5 Å². The molecule has 0 atom stereocenters. The fourth-order valence-electron chi connectivity index (χ4n) is 3.60. The Kier molecular flexibility index (Phi) is 5.93. The highest BCUT2D eigenvalue weighted by Gasteiger charge is 2.14. The summed E-state index contributed by atoms with van der Waals surface area (Å²) in [7, 11) is 1.57.